The molecule has 3 heteroatoms. The predicted molar refractivity (Wildman–Crippen MR) is 140 cm³/mol. The molecule has 4 aromatic rings. The smallest absolute Gasteiger partial charge is 0.0973 e. The first-order valence-electron chi connectivity index (χ1n) is 10.3. The van der Waals surface area contributed by atoms with Gasteiger partial charge in [-0.15, -0.1) is 0 Å². The molecular weight excluding hydrogens is 491 g/mol. The van der Waals surface area contributed by atoms with Gasteiger partial charge in [0, 0.05) is 20.3 Å². The van der Waals surface area contributed by atoms with Crippen LogP contribution in [0.25, 0.3) is 39.3 Å². The number of benzene rings is 3. The van der Waals surface area contributed by atoms with E-state index in [-0.39, 0.29) is 0 Å². The molecule has 0 aliphatic rings. The Morgan fingerprint density at radius 2 is 1.19 bits per heavy atom. The van der Waals surface area contributed by atoms with Crippen molar-refractivity contribution in [2.45, 2.75) is 13.8 Å². The monoisotopic (exact) mass is 514 g/mol. The van der Waals surface area contributed by atoms with Gasteiger partial charge in [-0.25, -0.2) is 9.97 Å². The number of rotatable bonds is 5. The van der Waals surface area contributed by atoms with Gasteiger partial charge in [0.05, 0.1) is 22.8 Å². The summed E-state index contributed by atoms with van der Waals surface area (Å²) in [7, 11) is 0. The molecule has 1 heterocycles. The van der Waals surface area contributed by atoms with E-state index in [4.69, 9.17) is 9.97 Å². The number of hydrogen-bond acceptors (Lipinski definition) is 2. The van der Waals surface area contributed by atoms with Crippen molar-refractivity contribution < 1.29 is 0 Å². The lowest BCUT2D eigenvalue weighted by molar-refractivity contribution is 1.18. The quantitative estimate of drug-likeness (QED) is 0.199. The van der Waals surface area contributed by atoms with Crippen LogP contribution in [-0.4, -0.2) is 9.97 Å². The summed E-state index contributed by atoms with van der Waals surface area (Å²) >= 11 is 2.33. The van der Waals surface area contributed by atoms with Crippen molar-refractivity contribution >= 4 is 28.2 Å². The maximum atomic E-state index is 5.22. The average Bonchev–Trinajstić information content (AvgIpc) is 2.83. The Labute approximate surface area is 197 Å². The highest BCUT2D eigenvalue weighted by molar-refractivity contribution is 14.1. The number of hydrogen-bond donors (Lipinski definition) is 0. The van der Waals surface area contributed by atoms with Gasteiger partial charge in [-0.05, 0) is 54.1 Å². The molecule has 0 amide bonds. The van der Waals surface area contributed by atoms with Crippen LogP contribution in [0.4, 0.5) is 0 Å². The third-order valence-electron chi connectivity index (χ3n) is 5.02. The second kappa shape index (κ2) is 9.84. The molecule has 3 aromatic carbocycles. The van der Waals surface area contributed by atoms with Gasteiger partial charge < -0.3 is 0 Å². The van der Waals surface area contributed by atoms with Gasteiger partial charge in [-0.1, -0.05) is 91.0 Å². The molecule has 0 saturated heterocycles. The zero-order valence-electron chi connectivity index (χ0n) is 17.6. The molecular formula is C28H23IN2. The Balaban J connectivity index is 2.04. The number of allylic oxidation sites excluding steroid dienone is 4. The van der Waals surface area contributed by atoms with E-state index >= 15 is 0 Å². The summed E-state index contributed by atoms with van der Waals surface area (Å²) in [5.74, 6) is 0. The van der Waals surface area contributed by atoms with Gasteiger partial charge in [0.25, 0.3) is 0 Å². The minimum Gasteiger partial charge on any atom is -0.244 e. The molecule has 0 aliphatic heterocycles. The summed E-state index contributed by atoms with van der Waals surface area (Å²) in [6.07, 6.45) is 6.16. The van der Waals surface area contributed by atoms with Gasteiger partial charge >= 0.3 is 0 Å². The Morgan fingerprint density at radius 1 is 0.677 bits per heavy atom. The minimum atomic E-state index is 0.892. The summed E-state index contributed by atoms with van der Waals surface area (Å²) in [5, 5.41) is 0. The van der Waals surface area contributed by atoms with E-state index in [1.54, 1.807) is 0 Å². The lowest BCUT2D eigenvalue weighted by Gasteiger charge is -2.16. The molecule has 4 rings (SSSR count). The first kappa shape index (κ1) is 21.2. The van der Waals surface area contributed by atoms with E-state index in [9.17, 15) is 0 Å². The molecule has 0 spiro atoms. The van der Waals surface area contributed by atoms with E-state index in [2.05, 4.69) is 84.1 Å². The molecule has 31 heavy (non-hydrogen) atoms. The highest BCUT2D eigenvalue weighted by Gasteiger charge is 2.18. The van der Waals surface area contributed by atoms with Gasteiger partial charge in [-0.2, -0.15) is 0 Å². The molecule has 1 aromatic heterocycles. The van der Waals surface area contributed by atoms with Crippen molar-refractivity contribution in [2.75, 3.05) is 0 Å². The van der Waals surface area contributed by atoms with Crippen LogP contribution in [0.5, 0.6) is 0 Å². The van der Waals surface area contributed by atoms with E-state index in [1.165, 1.54) is 3.57 Å². The normalized spacial score (nSPS) is 11.8. The minimum absolute atomic E-state index is 0.892. The standard InChI is InChI=1S/C28H23IN2/c1-3-4-11-20(2)25-26(23-16-18-24(29)19-17-23)31-28(22-14-9-6-10-15-22)27(30-25)21-12-7-5-8-13-21/h3-19H,1-2H3/b4-3-,20-11+. The molecule has 0 aliphatic carbocycles. The lowest BCUT2D eigenvalue weighted by atomic mass is 9.99. The second-order valence-electron chi connectivity index (χ2n) is 7.23. The van der Waals surface area contributed by atoms with Crippen molar-refractivity contribution in [3.8, 4) is 33.8 Å². The summed E-state index contributed by atoms with van der Waals surface area (Å²) in [6.45, 7) is 4.11. The predicted octanol–water partition coefficient (Wildman–Crippen LogP) is 8.06. The van der Waals surface area contributed by atoms with E-state index < -0.39 is 0 Å². The maximum Gasteiger partial charge on any atom is 0.0973 e. The number of aromatic nitrogens is 2. The van der Waals surface area contributed by atoms with Crippen LogP contribution < -0.4 is 0 Å². The van der Waals surface area contributed by atoms with Crippen LogP contribution >= 0.6 is 22.6 Å². The fourth-order valence-electron chi connectivity index (χ4n) is 3.43. The molecule has 0 saturated carbocycles. The zero-order chi connectivity index (χ0) is 21.6. The Hall–Kier alpha value is -3.05. The van der Waals surface area contributed by atoms with Crippen LogP contribution in [0.15, 0.2) is 103 Å². The van der Waals surface area contributed by atoms with Gasteiger partial charge in [-0.3, -0.25) is 0 Å². The van der Waals surface area contributed by atoms with E-state index in [1.807, 2.05) is 55.5 Å². The first-order valence-corrected chi connectivity index (χ1v) is 11.3. The SMILES string of the molecule is C/C=C\C=C(/C)c1nc(-c2ccccc2)c(-c2ccccc2)nc1-c1ccc(I)cc1. The fraction of sp³-hybridized carbons (Fsp3) is 0.0714. The van der Waals surface area contributed by atoms with Crippen molar-refractivity contribution in [3.63, 3.8) is 0 Å². The topological polar surface area (TPSA) is 25.8 Å². The van der Waals surface area contributed by atoms with Crippen LogP contribution in [0.1, 0.15) is 19.5 Å². The largest absolute Gasteiger partial charge is 0.244 e. The average molecular weight is 514 g/mol. The molecule has 0 N–H and O–H groups in total. The zero-order valence-corrected chi connectivity index (χ0v) is 19.7. The molecule has 0 radical (unpaired) electrons. The van der Waals surface area contributed by atoms with Crippen LogP contribution in [0.2, 0.25) is 0 Å². The summed E-state index contributed by atoms with van der Waals surface area (Å²) in [4.78, 5) is 10.4. The number of nitrogens with zero attached hydrogens (tertiary/aromatic N) is 2. The third kappa shape index (κ3) is 4.83. The van der Waals surface area contributed by atoms with Crippen LogP contribution in [-0.2, 0) is 0 Å². The van der Waals surface area contributed by atoms with Crippen molar-refractivity contribution in [1.29, 1.82) is 0 Å². The van der Waals surface area contributed by atoms with Crippen LogP contribution in [0, 0.1) is 3.57 Å². The van der Waals surface area contributed by atoms with E-state index in [0.717, 1.165) is 45.0 Å². The molecule has 0 bridgehead atoms. The summed E-state index contributed by atoms with van der Waals surface area (Å²) in [6, 6.07) is 29.1. The van der Waals surface area contributed by atoms with Gasteiger partial charge in [0.15, 0.2) is 0 Å². The Kier molecular flexibility index (Phi) is 6.73. The van der Waals surface area contributed by atoms with Crippen LogP contribution in [0.3, 0.4) is 0 Å². The highest BCUT2D eigenvalue weighted by Crippen LogP contribution is 2.35. The molecule has 152 valence electrons. The van der Waals surface area contributed by atoms with Crippen molar-refractivity contribution in [1.82, 2.24) is 9.97 Å². The van der Waals surface area contributed by atoms with E-state index in [0.29, 0.717) is 0 Å². The number of halogens is 1. The fourth-order valence-corrected chi connectivity index (χ4v) is 3.79. The van der Waals surface area contributed by atoms with Gasteiger partial charge in [0.1, 0.15) is 0 Å². The highest BCUT2D eigenvalue weighted by atomic mass is 127. The summed E-state index contributed by atoms with van der Waals surface area (Å²) in [5.41, 5.74) is 7.84. The maximum absolute atomic E-state index is 5.22. The second-order valence-corrected chi connectivity index (χ2v) is 8.48. The molecule has 0 unspecified atom stereocenters. The lowest BCUT2D eigenvalue weighted by Crippen LogP contribution is -2.02. The summed E-state index contributed by atoms with van der Waals surface area (Å²) < 4.78 is 1.20. The molecule has 0 atom stereocenters. The third-order valence-corrected chi connectivity index (χ3v) is 5.74. The van der Waals surface area contributed by atoms with Crippen molar-refractivity contribution in [3.05, 3.63) is 112 Å². The van der Waals surface area contributed by atoms with Crippen molar-refractivity contribution in [2.24, 2.45) is 0 Å². The molecule has 0 fully saturated rings. The van der Waals surface area contributed by atoms with Gasteiger partial charge in [0.2, 0.25) is 0 Å². The Morgan fingerprint density at radius 3 is 1.74 bits per heavy atom. The Bertz CT molecular complexity index is 1230. The first-order chi connectivity index (χ1) is 15.2. The molecule has 2 nitrogen and oxygen atoms in total.